The first-order chi connectivity index (χ1) is 8.69. The first-order valence-corrected chi connectivity index (χ1v) is 6.05. The Morgan fingerprint density at radius 3 is 2.89 bits per heavy atom. The van der Waals surface area contributed by atoms with E-state index >= 15 is 0 Å². The maximum absolute atomic E-state index is 13.2. The van der Waals surface area contributed by atoms with E-state index in [-0.39, 0.29) is 12.4 Å². The van der Waals surface area contributed by atoms with Crippen LogP contribution >= 0.6 is 15.9 Å². The predicted molar refractivity (Wildman–Crippen MR) is 69.2 cm³/mol. The van der Waals surface area contributed by atoms with Crippen LogP contribution in [0.5, 0.6) is 11.6 Å². The van der Waals surface area contributed by atoms with Crippen LogP contribution in [-0.2, 0) is 6.61 Å². The smallest absolute Gasteiger partial charge is 0.219 e. The number of halogens is 2. The Morgan fingerprint density at radius 1 is 1.33 bits per heavy atom. The van der Waals surface area contributed by atoms with Crippen molar-refractivity contribution in [1.29, 1.82) is 0 Å². The van der Waals surface area contributed by atoms with E-state index in [0.29, 0.717) is 16.1 Å². The molecule has 0 aliphatic carbocycles. The third-order valence-electron chi connectivity index (χ3n) is 2.27. The third-order valence-corrected chi connectivity index (χ3v) is 2.73. The number of benzene rings is 1. The van der Waals surface area contributed by atoms with Crippen molar-refractivity contribution in [3.8, 4) is 11.6 Å². The number of ether oxygens (including phenoxy) is 2. The second-order valence-corrected chi connectivity index (χ2v) is 4.48. The van der Waals surface area contributed by atoms with Crippen LogP contribution in [0.4, 0.5) is 4.39 Å². The highest BCUT2D eigenvalue weighted by atomic mass is 79.9. The van der Waals surface area contributed by atoms with E-state index in [9.17, 15) is 4.39 Å². The van der Waals surface area contributed by atoms with Crippen LogP contribution in [0.25, 0.3) is 0 Å². The van der Waals surface area contributed by atoms with Crippen LogP contribution < -0.4 is 9.47 Å². The van der Waals surface area contributed by atoms with E-state index in [0.717, 1.165) is 5.56 Å². The zero-order valence-electron chi connectivity index (χ0n) is 9.69. The van der Waals surface area contributed by atoms with Crippen LogP contribution in [0, 0.1) is 5.82 Å². The molecule has 0 bridgehead atoms. The molecular weight excluding hydrogens is 301 g/mol. The van der Waals surface area contributed by atoms with Gasteiger partial charge in [0.2, 0.25) is 5.88 Å². The first-order valence-electron chi connectivity index (χ1n) is 5.26. The average molecular weight is 312 g/mol. The van der Waals surface area contributed by atoms with Crippen molar-refractivity contribution in [3.05, 3.63) is 52.4 Å². The van der Waals surface area contributed by atoms with Crippen LogP contribution in [-0.4, -0.2) is 12.1 Å². The van der Waals surface area contributed by atoms with Gasteiger partial charge >= 0.3 is 0 Å². The summed E-state index contributed by atoms with van der Waals surface area (Å²) in [7, 11) is 1.55. The molecule has 0 saturated carbocycles. The lowest BCUT2D eigenvalue weighted by atomic mass is 10.3. The van der Waals surface area contributed by atoms with Crippen molar-refractivity contribution in [2.24, 2.45) is 0 Å². The minimum absolute atomic E-state index is 0.271. The number of hydrogen-bond acceptors (Lipinski definition) is 3. The molecule has 18 heavy (non-hydrogen) atoms. The molecule has 0 unspecified atom stereocenters. The Labute approximate surface area is 113 Å². The fourth-order valence-corrected chi connectivity index (χ4v) is 1.94. The van der Waals surface area contributed by atoms with E-state index in [2.05, 4.69) is 20.9 Å². The van der Waals surface area contributed by atoms with Crippen molar-refractivity contribution < 1.29 is 13.9 Å². The quantitative estimate of drug-likeness (QED) is 0.865. The van der Waals surface area contributed by atoms with Crippen LogP contribution in [0.15, 0.2) is 41.0 Å². The molecule has 0 aliphatic heterocycles. The SMILES string of the molecule is COc1ncccc1COc1cc(F)cc(Br)c1. The predicted octanol–water partition coefficient (Wildman–Crippen LogP) is 3.57. The zero-order valence-corrected chi connectivity index (χ0v) is 11.3. The highest BCUT2D eigenvalue weighted by Gasteiger charge is 2.05. The number of aromatic nitrogens is 1. The maximum atomic E-state index is 13.2. The summed E-state index contributed by atoms with van der Waals surface area (Å²) in [6, 6.07) is 8.04. The Bertz CT molecular complexity index is 528. The van der Waals surface area contributed by atoms with E-state index < -0.39 is 0 Å². The molecule has 2 aromatic rings. The Kier molecular flexibility index (Phi) is 4.15. The van der Waals surface area contributed by atoms with Gasteiger partial charge in [-0.3, -0.25) is 0 Å². The second-order valence-electron chi connectivity index (χ2n) is 3.57. The van der Waals surface area contributed by atoms with Crippen LogP contribution in [0.3, 0.4) is 0 Å². The summed E-state index contributed by atoms with van der Waals surface area (Å²) in [5.41, 5.74) is 0.806. The molecule has 0 fully saturated rings. The molecule has 0 N–H and O–H groups in total. The molecular formula is C13H11BrFNO2. The fourth-order valence-electron chi connectivity index (χ4n) is 1.49. The summed E-state index contributed by atoms with van der Waals surface area (Å²) >= 11 is 3.21. The lowest BCUT2D eigenvalue weighted by Gasteiger charge is -2.09. The van der Waals surface area contributed by atoms with E-state index in [1.165, 1.54) is 12.1 Å². The Morgan fingerprint density at radius 2 is 2.17 bits per heavy atom. The maximum Gasteiger partial charge on any atom is 0.219 e. The molecule has 0 spiro atoms. The van der Waals surface area contributed by atoms with Gasteiger partial charge in [0.25, 0.3) is 0 Å². The van der Waals surface area contributed by atoms with Gasteiger partial charge < -0.3 is 9.47 Å². The van der Waals surface area contributed by atoms with Crippen molar-refractivity contribution in [2.45, 2.75) is 6.61 Å². The summed E-state index contributed by atoms with van der Waals surface area (Å²) < 4.78 is 24.4. The van der Waals surface area contributed by atoms with E-state index in [1.54, 1.807) is 25.4 Å². The van der Waals surface area contributed by atoms with Crippen LogP contribution in [0.2, 0.25) is 0 Å². The van der Waals surface area contributed by atoms with Crippen molar-refractivity contribution in [2.75, 3.05) is 7.11 Å². The highest BCUT2D eigenvalue weighted by molar-refractivity contribution is 9.10. The first kappa shape index (κ1) is 12.8. The van der Waals surface area contributed by atoms with Crippen molar-refractivity contribution in [1.82, 2.24) is 4.98 Å². The molecule has 0 radical (unpaired) electrons. The minimum atomic E-state index is -0.350. The molecule has 2 rings (SSSR count). The van der Waals surface area contributed by atoms with Gasteiger partial charge in [0.1, 0.15) is 18.2 Å². The topological polar surface area (TPSA) is 31.4 Å². The standard InChI is InChI=1S/C13H11BrFNO2/c1-17-13-9(3-2-4-16-13)8-18-12-6-10(14)5-11(15)7-12/h2-7H,8H2,1H3. The van der Waals surface area contributed by atoms with E-state index in [4.69, 9.17) is 9.47 Å². The summed E-state index contributed by atoms with van der Waals surface area (Å²) in [6.07, 6.45) is 1.64. The zero-order chi connectivity index (χ0) is 13.0. The van der Waals surface area contributed by atoms with E-state index in [1.807, 2.05) is 6.07 Å². The fraction of sp³-hybridized carbons (Fsp3) is 0.154. The number of rotatable bonds is 4. The Hall–Kier alpha value is -1.62. The van der Waals surface area contributed by atoms with Gasteiger partial charge in [0, 0.05) is 16.7 Å². The summed E-state index contributed by atoms with van der Waals surface area (Å²) in [4.78, 5) is 4.06. The van der Waals surface area contributed by atoms with Crippen LogP contribution in [0.1, 0.15) is 5.56 Å². The average Bonchev–Trinajstić information content (AvgIpc) is 2.35. The largest absolute Gasteiger partial charge is 0.489 e. The molecule has 1 aromatic carbocycles. The van der Waals surface area contributed by atoms with Crippen molar-refractivity contribution in [3.63, 3.8) is 0 Å². The molecule has 0 amide bonds. The lowest BCUT2D eigenvalue weighted by molar-refractivity contribution is 0.292. The second kappa shape index (κ2) is 5.82. The minimum Gasteiger partial charge on any atom is -0.489 e. The number of hydrogen-bond donors (Lipinski definition) is 0. The molecule has 1 aromatic heterocycles. The van der Waals surface area contributed by atoms with Gasteiger partial charge in [-0.2, -0.15) is 0 Å². The summed E-state index contributed by atoms with van der Waals surface area (Å²) in [6.45, 7) is 0.271. The van der Waals surface area contributed by atoms with Gasteiger partial charge in [-0.1, -0.05) is 15.9 Å². The number of methoxy groups -OCH3 is 1. The number of pyridine rings is 1. The summed E-state index contributed by atoms with van der Waals surface area (Å²) in [5.74, 6) is 0.610. The molecule has 0 aliphatic rings. The van der Waals surface area contributed by atoms with Crippen molar-refractivity contribution >= 4 is 15.9 Å². The monoisotopic (exact) mass is 311 g/mol. The normalized spacial score (nSPS) is 10.2. The molecule has 0 saturated heterocycles. The summed E-state index contributed by atoms with van der Waals surface area (Å²) in [5, 5.41) is 0. The molecule has 3 nitrogen and oxygen atoms in total. The number of nitrogens with zero attached hydrogens (tertiary/aromatic N) is 1. The molecule has 0 atom stereocenters. The van der Waals surface area contributed by atoms with Gasteiger partial charge in [-0.25, -0.2) is 9.37 Å². The van der Waals surface area contributed by atoms with Gasteiger partial charge in [0.05, 0.1) is 12.7 Å². The molecule has 5 heteroatoms. The molecule has 94 valence electrons. The molecule has 1 heterocycles. The Balaban J connectivity index is 2.11. The van der Waals surface area contributed by atoms with Gasteiger partial charge in [0.15, 0.2) is 0 Å². The van der Waals surface area contributed by atoms with Gasteiger partial charge in [-0.05, 0) is 24.3 Å². The lowest BCUT2D eigenvalue weighted by Crippen LogP contribution is -2.00. The highest BCUT2D eigenvalue weighted by Crippen LogP contribution is 2.22. The third kappa shape index (κ3) is 3.20. The van der Waals surface area contributed by atoms with Gasteiger partial charge in [-0.15, -0.1) is 0 Å².